The van der Waals surface area contributed by atoms with Crippen molar-refractivity contribution in [2.24, 2.45) is 11.1 Å². The Hall–Kier alpha value is -3.69. The SMILES string of the molecule is CC(C)(C)C(=O)OC[C@H]1O[C@@H](n2cnc(C(N)=O)n2)[C@@H]2OC(c3ccccc3)OC21.CC1=C(Cl)O1.ClOC#CC#COCl. The number of hydrogen-bond donors (Lipinski definition) is 1. The molecule has 3 aliphatic heterocycles. The minimum atomic E-state index is -0.746. The molecule has 0 bridgehead atoms. The number of carbonyl (C=O) groups is 2. The summed E-state index contributed by atoms with van der Waals surface area (Å²) in [4.78, 5) is 27.5. The Balaban J connectivity index is 0.000000323. The van der Waals surface area contributed by atoms with Crippen LogP contribution in [0.15, 0.2) is 47.6 Å². The molecule has 16 heteroatoms. The third kappa shape index (κ3) is 9.93. The van der Waals surface area contributed by atoms with E-state index in [1.54, 1.807) is 20.8 Å². The zero-order chi connectivity index (χ0) is 31.6. The predicted molar refractivity (Wildman–Crippen MR) is 151 cm³/mol. The molecule has 4 heterocycles. The molecule has 5 rings (SSSR count). The normalized spacial score (nSPS) is 22.8. The first-order valence-electron chi connectivity index (χ1n) is 12.4. The maximum Gasteiger partial charge on any atom is 0.311 e. The summed E-state index contributed by atoms with van der Waals surface area (Å²) in [5, 5.41) is 4.64. The number of aromatic nitrogens is 3. The molecular formula is C27H27Cl3N4O9. The fourth-order valence-electron chi connectivity index (χ4n) is 3.53. The molecule has 0 radical (unpaired) electrons. The molecule has 1 aromatic carbocycles. The lowest BCUT2D eigenvalue weighted by molar-refractivity contribution is -0.173. The molecular weight excluding hydrogens is 631 g/mol. The Morgan fingerprint density at radius 1 is 1.05 bits per heavy atom. The highest BCUT2D eigenvalue weighted by Gasteiger charge is 2.54. The average molecular weight is 658 g/mol. The minimum absolute atomic E-state index is 0.00395. The molecule has 0 spiro atoms. The zero-order valence-electron chi connectivity index (χ0n) is 23.3. The molecule has 1 amide bonds. The monoisotopic (exact) mass is 656 g/mol. The van der Waals surface area contributed by atoms with Gasteiger partial charge in [0.15, 0.2) is 30.5 Å². The Kier molecular flexibility index (Phi) is 12.3. The van der Waals surface area contributed by atoms with E-state index < -0.39 is 42.2 Å². The van der Waals surface area contributed by atoms with Gasteiger partial charge in [-0.15, -0.1) is 5.10 Å². The molecule has 5 atom stereocenters. The number of rotatable bonds is 5. The first-order valence-corrected chi connectivity index (χ1v) is 13.4. The van der Waals surface area contributed by atoms with Crippen LogP contribution in [0.5, 0.6) is 0 Å². The summed E-state index contributed by atoms with van der Waals surface area (Å²) in [6.07, 6.45) is 2.37. The second-order valence-corrected chi connectivity index (χ2v) is 10.5. The number of primary amides is 1. The number of ether oxygens (including phenoxy) is 5. The van der Waals surface area contributed by atoms with Gasteiger partial charge in [-0.2, -0.15) is 0 Å². The summed E-state index contributed by atoms with van der Waals surface area (Å²) in [7, 11) is 0. The summed E-state index contributed by atoms with van der Waals surface area (Å²) in [5.41, 5.74) is 5.46. The van der Waals surface area contributed by atoms with Gasteiger partial charge >= 0.3 is 5.97 Å². The Morgan fingerprint density at radius 3 is 2.12 bits per heavy atom. The molecule has 2 saturated heterocycles. The first-order chi connectivity index (χ1) is 20.5. The highest BCUT2D eigenvalue weighted by atomic mass is 35.5. The Labute approximate surface area is 262 Å². The van der Waals surface area contributed by atoms with Crippen LogP contribution in [0.4, 0.5) is 0 Å². The van der Waals surface area contributed by atoms with Crippen molar-refractivity contribution in [1.82, 2.24) is 14.8 Å². The maximum atomic E-state index is 12.2. The molecule has 1 aromatic heterocycles. The van der Waals surface area contributed by atoms with Crippen LogP contribution in [-0.4, -0.2) is 51.6 Å². The van der Waals surface area contributed by atoms with Crippen molar-refractivity contribution >= 4 is 47.2 Å². The second kappa shape index (κ2) is 15.7. The lowest BCUT2D eigenvalue weighted by Gasteiger charge is -2.22. The summed E-state index contributed by atoms with van der Waals surface area (Å²) in [6, 6.07) is 9.49. The van der Waals surface area contributed by atoms with Gasteiger partial charge in [0.25, 0.3) is 5.91 Å². The highest BCUT2D eigenvalue weighted by Crippen LogP contribution is 2.44. The van der Waals surface area contributed by atoms with Crippen molar-refractivity contribution in [3.8, 4) is 24.1 Å². The summed E-state index contributed by atoms with van der Waals surface area (Å²) in [5.74, 6) is 3.96. The third-order valence-corrected chi connectivity index (χ3v) is 6.12. The lowest BCUT2D eigenvalue weighted by Crippen LogP contribution is -2.34. The fourth-order valence-corrected chi connectivity index (χ4v) is 3.73. The van der Waals surface area contributed by atoms with Gasteiger partial charge < -0.3 is 38.0 Å². The van der Waals surface area contributed by atoms with Gasteiger partial charge in [-0.05, 0) is 39.3 Å². The number of nitrogens with zero attached hydrogens (tertiary/aromatic N) is 3. The summed E-state index contributed by atoms with van der Waals surface area (Å²) >= 11 is 14.5. The highest BCUT2D eigenvalue weighted by molar-refractivity contribution is 6.30. The smallest absolute Gasteiger partial charge is 0.311 e. The predicted octanol–water partition coefficient (Wildman–Crippen LogP) is 4.04. The number of benzene rings is 1. The number of nitrogens with two attached hydrogens (primary N) is 1. The Bertz CT molecular complexity index is 1390. The van der Waals surface area contributed by atoms with Gasteiger partial charge in [0, 0.05) is 17.4 Å². The van der Waals surface area contributed by atoms with Crippen LogP contribution in [0, 0.1) is 29.5 Å². The molecule has 2 aromatic rings. The third-order valence-electron chi connectivity index (χ3n) is 5.62. The molecule has 13 nitrogen and oxygen atoms in total. The largest absolute Gasteiger partial charge is 0.462 e. The van der Waals surface area contributed by atoms with Gasteiger partial charge in [-0.25, -0.2) is 9.67 Å². The van der Waals surface area contributed by atoms with Crippen LogP contribution in [0.3, 0.4) is 0 Å². The molecule has 0 saturated carbocycles. The quantitative estimate of drug-likeness (QED) is 0.365. The van der Waals surface area contributed by atoms with E-state index in [1.165, 1.54) is 11.0 Å². The van der Waals surface area contributed by atoms with Gasteiger partial charge in [0.05, 0.1) is 5.41 Å². The number of allylic oxidation sites excluding steroid dienone is 1. The van der Waals surface area contributed by atoms with Crippen molar-refractivity contribution in [1.29, 1.82) is 0 Å². The summed E-state index contributed by atoms with van der Waals surface area (Å²) in [6.45, 7) is 7.14. The number of esters is 1. The van der Waals surface area contributed by atoms with Crippen LogP contribution in [0.25, 0.3) is 0 Å². The number of halogens is 3. The van der Waals surface area contributed by atoms with Crippen molar-refractivity contribution in [3.63, 3.8) is 0 Å². The van der Waals surface area contributed by atoms with E-state index >= 15 is 0 Å². The van der Waals surface area contributed by atoms with Crippen molar-refractivity contribution < 1.29 is 41.9 Å². The average Bonchev–Trinajstić information content (AvgIpc) is 3.39. The molecule has 2 fully saturated rings. The Morgan fingerprint density at radius 2 is 1.63 bits per heavy atom. The van der Waals surface area contributed by atoms with E-state index in [0.717, 1.165) is 11.3 Å². The molecule has 230 valence electrons. The van der Waals surface area contributed by atoms with Crippen molar-refractivity contribution in [2.75, 3.05) is 6.61 Å². The number of carbonyl (C=O) groups excluding carboxylic acids is 2. The van der Waals surface area contributed by atoms with Crippen LogP contribution < -0.4 is 5.73 Å². The molecule has 3 aliphatic rings. The van der Waals surface area contributed by atoms with Crippen molar-refractivity contribution in [2.45, 2.75) is 58.5 Å². The van der Waals surface area contributed by atoms with Crippen LogP contribution in [-0.2, 0) is 37.1 Å². The van der Waals surface area contributed by atoms with Crippen LogP contribution >= 0.6 is 35.3 Å². The van der Waals surface area contributed by atoms with E-state index in [0.29, 0.717) is 5.22 Å². The van der Waals surface area contributed by atoms with Crippen LogP contribution in [0.1, 0.15) is 56.4 Å². The number of amides is 1. The lowest BCUT2D eigenvalue weighted by atomic mass is 9.97. The first kappa shape index (κ1) is 33.8. The second-order valence-electron chi connectivity index (χ2n) is 9.81. The maximum absolute atomic E-state index is 12.2. The number of fused-ring (bicyclic) bond motifs is 1. The van der Waals surface area contributed by atoms with Gasteiger partial charge in [-0.1, -0.05) is 30.3 Å². The van der Waals surface area contributed by atoms with E-state index in [9.17, 15) is 9.59 Å². The van der Waals surface area contributed by atoms with E-state index in [1.807, 2.05) is 49.5 Å². The standard InChI is InChI=1S/C20H24N4O6.C4Cl2O2.C3H3ClO/c1-20(2,3)19(26)27-9-12-13-14(30-18(29-13)11-7-5-4-6-8-11)17(28-12)24-10-22-16(23-24)15(21)25;5-7-3-1-2-4-8-6;1-2-3(4)5-2/h4-8,10,12-14,17-18H,9H2,1-3H3,(H2,21,25);;1H3/t12-,13?,14-,17-,18?;;/m1../s1. The van der Waals surface area contributed by atoms with Gasteiger partial charge in [-0.3, -0.25) is 9.59 Å². The van der Waals surface area contributed by atoms with E-state index in [-0.39, 0.29) is 18.4 Å². The minimum Gasteiger partial charge on any atom is -0.462 e. The van der Waals surface area contributed by atoms with Gasteiger partial charge in [0.2, 0.25) is 11.0 Å². The molecule has 2 N–H and O–H groups in total. The van der Waals surface area contributed by atoms with Gasteiger partial charge in [0.1, 0.15) is 55.0 Å². The van der Waals surface area contributed by atoms with E-state index in [2.05, 4.69) is 59.0 Å². The van der Waals surface area contributed by atoms with E-state index in [4.69, 9.17) is 36.3 Å². The van der Waals surface area contributed by atoms with Crippen molar-refractivity contribution in [3.05, 3.63) is 59.0 Å². The zero-order valence-corrected chi connectivity index (χ0v) is 25.6. The topological polar surface area (TPSA) is 159 Å². The fraction of sp³-hybridized carbons (Fsp3) is 0.407. The molecule has 2 unspecified atom stereocenters. The van der Waals surface area contributed by atoms with Crippen LogP contribution in [0.2, 0.25) is 0 Å². The summed E-state index contributed by atoms with van der Waals surface area (Å²) < 4.78 is 37.2. The molecule has 43 heavy (non-hydrogen) atoms. The molecule has 0 aliphatic carbocycles. The number of hydrogen-bond acceptors (Lipinski definition) is 11.